The Kier molecular flexibility index (Phi) is 4.25. The third kappa shape index (κ3) is 2.39. The zero-order valence-electron chi connectivity index (χ0n) is 11.4. The second-order valence-electron chi connectivity index (χ2n) is 5.47. The van der Waals surface area contributed by atoms with Crippen molar-refractivity contribution in [2.45, 2.75) is 50.2 Å². The lowest BCUT2D eigenvalue weighted by molar-refractivity contribution is -0.124. The third-order valence-corrected chi connectivity index (χ3v) is 4.65. The van der Waals surface area contributed by atoms with Crippen molar-refractivity contribution in [3.8, 4) is 0 Å². The Balaban J connectivity index is 2.05. The molecular weight excluding hydrogens is 230 g/mol. The van der Waals surface area contributed by atoms with Crippen LogP contribution in [0.1, 0.15) is 32.6 Å². The summed E-state index contributed by atoms with van der Waals surface area (Å²) >= 11 is 0. The van der Waals surface area contributed by atoms with Gasteiger partial charge < -0.3 is 15.8 Å². The third-order valence-electron chi connectivity index (χ3n) is 4.65. The van der Waals surface area contributed by atoms with Gasteiger partial charge >= 0.3 is 0 Å². The predicted molar refractivity (Wildman–Crippen MR) is 70.2 cm³/mol. The van der Waals surface area contributed by atoms with Crippen LogP contribution in [0.5, 0.6) is 0 Å². The summed E-state index contributed by atoms with van der Waals surface area (Å²) in [5, 5.41) is 3.15. The lowest BCUT2D eigenvalue weighted by Crippen LogP contribution is -2.55. The molecule has 0 bridgehead atoms. The fourth-order valence-corrected chi connectivity index (χ4v) is 3.38. The van der Waals surface area contributed by atoms with E-state index in [1.54, 1.807) is 0 Å². The minimum atomic E-state index is -0.499. The Labute approximate surface area is 109 Å². The maximum atomic E-state index is 11.7. The van der Waals surface area contributed by atoms with Gasteiger partial charge in [-0.1, -0.05) is 6.92 Å². The normalized spacial score (nSPS) is 37.9. The fourth-order valence-electron chi connectivity index (χ4n) is 3.38. The van der Waals surface area contributed by atoms with Crippen LogP contribution in [-0.4, -0.2) is 55.2 Å². The fraction of sp³-hybridized carbons (Fsp3) is 0.923. The maximum Gasteiger partial charge on any atom is 0.237 e. The van der Waals surface area contributed by atoms with E-state index in [9.17, 15) is 4.79 Å². The molecule has 3 N–H and O–H groups in total. The molecule has 3 atom stereocenters. The van der Waals surface area contributed by atoms with Crippen LogP contribution >= 0.6 is 0 Å². The summed E-state index contributed by atoms with van der Waals surface area (Å²) in [6.45, 7) is 4.79. The predicted octanol–water partition coefficient (Wildman–Crippen LogP) is 0.0932. The highest BCUT2D eigenvalue weighted by Crippen LogP contribution is 2.34. The number of hydrogen-bond donors (Lipinski definition) is 2. The van der Waals surface area contributed by atoms with Crippen molar-refractivity contribution < 1.29 is 9.53 Å². The van der Waals surface area contributed by atoms with Gasteiger partial charge in [0, 0.05) is 18.6 Å². The monoisotopic (exact) mass is 255 g/mol. The molecule has 1 aliphatic heterocycles. The van der Waals surface area contributed by atoms with Gasteiger partial charge in [-0.15, -0.1) is 0 Å². The molecule has 0 aromatic rings. The van der Waals surface area contributed by atoms with Crippen LogP contribution in [0.4, 0.5) is 0 Å². The standard InChI is InChI=1S/C13H25N3O2/c1-3-10-9-18-7-6-16(10)11-4-5-13(8-11,15-2)12(14)17/h10-11,15H,3-9H2,1-2H3,(H2,14,17). The zero-order chi connectivity index (χ0) is 13.2. The highest BCUT2D eigenvalue weighted by molar-refractivity contribution is 5.85. The molecule has 2 aliphatic rings. The van der Waals surface area contributed by atoms with Gasteiger partial charge in [0.2, 0.25) is 5.91 Å². The van der Waals surface area contributed by atoms with Crippen LogP contribution in [0.2, 0.25) is 0 Å². The van der Waals surface area contributed by atoms with E-state index < -0.39 is 5.54 Å². The number of likely N-dealkylation sites (N-methyl/N-ethyl adjacent to an activating group) is 1. The van der Waals surface area contributed by atoms with Crippen molar-refractivity contribution in [2.75, 3.05) is 26.8 Å². The average molecular weight is 255 g/mol. The van der Waals surface area contributed by atoms with Gasteiger partial charge in [-0.2, -0.15) is 0 Å². The number of nitrogens with one attached hydrogen (secondary N) is 1. The molecular formula is C13H25N3O2. The smallest absolute Gasteiger partial charge is 0.237 e. The molecule has 0 radical (unpaired) electrons. The number of morpholine rings is 1. The van der Waals surface area contributed by atoms with Gasteiger partial charge in [0.15, 0.2) is 0 Å². The quantitative estimate of drug-likeness (QED) is 0.747. The molecule has 104 valence electrons. The number of hydrogen-bond acceptors (Lipinski definition) is 4. The van der Waals surface area contributed by atoms with Crippen molar-refractivity contribution in [3.05, 3.63) is 0 Å². The van der Waals surface area contributed by atoms with E-state index in [2.05, 4.69) is 17.1 Å². The lowest BCUT2D eigenvalue weighted by atomic mass is 9.96. The summed E-state index contributed by atoms with van der Waals surface area (Å²) in [7, 11) is 1.84. The van der Waals surface area contributed by atoms with Crippen LogP contribution in [-0.2, 0) is 9.53 Å². The van der Waals surface area contributed by atoms with Crippen LogP contribution in [0, 0.1) is 0 Å². The number of carbonyl (C=O) groups is 1. The van der Waals surface area contributed by atoms with Gasteiger partial charge in [-0.05, 0) is 32.7 Å². The van der Waals surface area contributed by atoms with E-state index in [0.717, 1.165) is 45.4 Å². The molecule has 3 unspecified atom stereocenters. The first-order chi connectivity index (χ1) is 8.63. The van der Waals surface area contributed by atoms with Gasteiger partial charge in [-0.25, -0.2) is 0 Å². The van der Waals surface area contributed by atoms with E-state index in [4.69, 9.17) is 10.5 Å². The van der Waals surface area contributed by atoms with Crippen molar-refractivity contribution in [2.24, 2.45) is 5.73 Å². The van der Waals surface area contributed by atoms with E-state index >= 15 is 0 Å². The maximum absolute atomic E-state index is 11.7. The molecule has 18 heavy (non-hydrogen) atoms. The van der Waals surface area contributed by atoms with Crippen molar-refractivity contribution in [3.63, 3.8) is 0 Å². The van der Waals surface area contributed by atoms with E-state index in [1.807, 2.05) is 7.05 Å². The van der Waals surface area contributed by atoms with Crippen LogP contribution in [0.25, 0.3) is 0 Å². The molecule has 2 fully saturated rings. The molecule has 1 amide bonds. The molecule has 1 aliphatic carbocycles. The Morgan fingerprint density at radius 3 is 2.94 bits per heavy atom. The first-order valence-corrected chi connectivity index (χ1v) is 6.95. The number of nitrogens with two attached hydrogens (primary N) is 1. The molecule has 5 heteroatoms. The minimum absolute atomic E-state index is 0.214. The van der Waals surface area contributed by atoms with Crippen molar-refractivity contribution >= 4 is 5.91 Å². The second kappa shape index (κ2) is 5.55. The van der Waals surface area contributed by atoms with Crippen molar-refractivity contribution in [1.29, 1.82) is 0 Å². The van der Waals surface area contributed by atoms with Gasteiger partial charge in [0.1, 0.15) is 0 Å². The van der Waals surface area contributed by atoms with Gasteiger partial charge in [0.25, 0.3) is 0 Å². The van der Waals surface area contributed by atoms with Crippen LogP contribution in [0.3, 0.4) is 0 Å². The summed E-state index contributed by atoms with van der Waals surface area (Å²) in [4.78, 5) is 14.2. The Morgan fingerprint density at radius 2 is 2.39 bits per heavy atom. The lowest BCUT2D eigenvalue weighted by Gasteiger charge is -2.40. The Morgan fingerprint density at radius 1 is 1.61 bits per heavy atom. The molecule has 1 saturated heterocycles. The number of rotatable bonds is 4. The van der Waals surface area contributed by atoms with E-state index in [0.29, 0.717) is 12.1 Å². The van der Waals surface area contributed by atoms with E-state index in [1.165, 1.54) is 0 Å². The largest absolute Gasteiger partial charge is 0.378 e. The molecule has 2 rings (SSSR count). The second-order valence-corrected chi connectivity index (χ2v) is 5.47. The topological polar surface area (TPSA) is 67.6 Å². The average Bonchev–Trinajstić information content (AvgIpc) is 2.84. The van der Waals surface area contributed by atoms with E-state index in [-0.39, 0.29) is 5.91 Å². The molecule has 1 heterocycles. The Hall–Kier alpha value is -0.650. The zero-order valence-corrected chi connectivity index (χ0v) is 11.4. The first-order valence-electron chi connectivity index (χ1n) is 6.95. The van der Waals surface area contributed by atoms with Crippen LogP contribution in [0.15, 0.2) is 0 Å². The Bertz CT molecular complexity index is 311. The summed E-state index contributed by atoms with van der Waals surface area (Å²) in [5.41, 5.74) is 5.06. The number of amides is 1. The number of primary amides is 1. The summed E-state index contributed by atoms with van der Waals surface area (Å²) in [6, 6.07) is 0.947. The first kappa shape index (κ1) is 13.8. The molecule has 1 saturated carbocycles. The summed E-state index contributed by atoms with van der Waals surface area (Å²) in [5.74, 6) is -0.214. The van der Waals surface area contributed by atoms with Gasteiger partial charge in [0.05, 0.1) is 18.8 Å². The number of nitrogens with zero attached hydrogens (tertiary/aromatic N) is 1. The SMILES string of the molecule is CCC1COCCN1C1CCC(NC)(C(N)=O)C1. The minimum Gasteiger partial charge on any atom is -0.378 e. The molecule has 0 aromatic carbocycles. The molecule has 5 nitrogen and oxygen atoms in total. The van der Waals surface area contributed by atoms with Crippen molar-refractivity contribution in [1.82, 2.24) is 10.2 Å². The van der Waals surface area contributed by atoms with Crippen LogP contribution < -0.4 is 11.1 Å². The summed E-state index contributed by atoms with van der Waals surface area (Å²) < 4.78 is 5.54. The van der Waals surface area contributed by atoms with Gasteiger partial charge in [-0.3, -0.25) is 9.69 Å². The summed E-state index contributed by atoms with van der Waals surface area (Å²) in [6.07, 6.45) is 3.81. The molecule has 0 aromatic heterocycles. The number of carbonyl (C=O) groups excluding carboxylic acids is 1. The molecule has 0 spiro atoms. The highest BCUT2D eigenvalue weighted by atomic mass is 16.5. The highest BCUT2D eigenvalue weighted by Gasteiger charge is 2.45. The number of ether oxygens (including phenoxy) is 1.